The first-order valence-electron chi connectivity index (χ1n) is 22.2. The van der Waals surface area contributed by atoms with Crippen molar-refractivity contribution in [2.24, 2.45) is 0 Å². The SMILES string of the molecule is CC1(C)c2ccccc2-c2ccc(N(C3=CC4OC5CC6=C(C=C5OC4C=C3)C3(C4=C6CCC=C4)c4ccccc4-c4ccccc43)C3=CC=CC(c4ccccc4)C3)cc21. The molecule has 0 N–H and O–H groups in total. The van der Waals surface area contributed by atoms with Gasteiger partial charge in [-0.25, -0.2) is 0 Å². The first-order valence-corrected chi connectivity index (χ1v) is 22.2. The molecule has 8 aliphatic rings. The minimum absolute atomic E-state index is 0.106. The van der Waals surface area contributed by atoms with Crippen molar-refractivity contribution in [3.05, 3.63) is 243 Å². The normalized spacial score (nSPS) is 24.9. The Morgan fingerprint density at radius 2 is 1.34 bits per heavy atom. The van der Waals surface area contributed by atoms with Crippen LogP contribution in [0.4, 0.5) is 5.69 Å². The van der Waals surface area contributed by atoms with E-state index in [4.69, 9.17) is 9.47 Å². The van der Waals surface area contributed by atoms with Crippen molar-refractivity contribution in [1.82, 2.24) is 0 Å². The van der Waals surface area contributed by atoms with Gasteiger partial charge in [-0.15, -0.1) is 0 Å². The van der Waals surface area contributed by atoms with Crippen molar-refractivity contribution in [1.29, 1.82) is 0 Å². The molecule has 0 saturated carbocycles. The average molecular weight is 790 g/mol. The van der Waals surface area contributed by atoms with Gasteiger partial charge in [0.15, 0.2) is 0 Å². The van der Waals surface area contributed by atoms with Gasteiger partial charge in [0.2, 0.25) is 0 Å². The number of benzene rings is 5. The molecule has 5 aromatic rings. The molecule has 13 rings (SSSR count). The van der Waals surface area contributed by atoms with Gasteiger partial charge in [-0.3, -0.25) is 0 Å². The van der Waals surface area contributed by atoms with Gasteiger partial charge in [0.05, 0.1) is 5.41 Å². The minimum Gasteiger partial charge on any atom is -0.485 e. The van der Waals surface area contributed by atoms with Gasteiger partial charge < -0.3 is 14.4 Å². The summed E-state index contributed by atoms with van der Waals surface area (Å²) in [4.78, 5) is 2.49. The highest BCUT2D eigenvalue weighted by molar-refractivity contribution is 5.90. The van der Waals surface area contributed by atoms with Crippen molar-refractivity contribution < 1.29 is 9.47 Å². The van der Waals surface area contributed by atoms with E-state index in [9.17, 15) is 0 Å². The quantitative estimate of drug-likeness (QED) is 0.181. The van der Waals surface area contributed by atoms with Crippen LogP contribution in [0.3, 0.4) is 0 Å². The van der Waals surface area contributed by atoms with Crippen molar-refractivity contribution in [2.75, 3.05) is 4.90 Å². The molecule has 1 spiro atoms. The maximum Gasteiger partial charge on any atom is 0.147 e. The number of anilines is 1. The van der Waals surface area contributed by atoms with Crippen LogP contribution in [0.5, 0.6) is 0 Å². The fourth-order valence-electron chi connectivity index (χ4n) is 12.3. The van der Waals surface area contributed by atoms with Crippen molar-refractivity contribution in [3.8, 4) is 22.3 Å². The Labute approximate surface area is 358 Å². The molecule has 0 amide bonds. The van der Waals surface area contributed by atoms with Crippen LogP contribution in [0.15, 0.2) is 215 Å². The Kier molecular flexibility index (Phi) is 7.56. The van der Waals surface area contributed by atoms with Crippen molar-refractivity contribution >= 4 is 5.69 Å². The molecule has 0 aromatic heterocycles. The van der Waals surface area contributed by atoms with E-state index in [0.717, 1.165) is 37.1 Å². The zero-order chi connectivity index (χ0) is 40.5. The van der Waals surface area contributed by atoms with Gasteiger partial charge in [0.1, 0.15) is 24.1 Å². The minimum atomic E-state index is -0.339. The molecule has 296 valence electrons. The molecule has 1 fully saturated rings. The van der Waals surface area contributed by atoms with E-state index in [1.807, 2.05) is 0 Å². The highest BCUT2D eigenvalue weighted by Crippen LogP contribution is 2.65. The van der Waals surface area contributed by atoms with E-state index in [0.29, 0.717) is 0 Å². The third-order valence-corrected chi connectivity index (χ3v) is 15.0. The Morgan fingerprint density at radius 3 is 2.13 bits per heavy atom. The molecule has 1 saturated heterocycles. The fourth-order valence-corrected chi connectivity index (χ4v) is 12.3. The zero-order valence-corrected chi connectivity index (χ0v) is 34.6. The first kappa shape index (κ1) is 35.3. The standard InChI is InChI=1S/C58H47NO2/c1-57(2)47-23-10-6-19-41(47)45-29-27-39(32-51(45)57)59(38-18-14-17-37(31-38)36-15-4-3-5-16-36)40-28-30-53-54(33-40)61-55-34-46-44-22-9-13-26-50(44)58(52(46)35-56(55)60-53)48-24-11-7-20-42(48)43-21-8-12-25-49(43)58/h3-8,10-21,23-30,32-33,35,37,53-55H,9,22,31,34H2,1-2H3. The Balaban J connectivity index is 0.882. The Bertz CT molecular complexity index is 2940. The molecule has 0 bridgehead atoms. The van der Waals surface area contributed by atoms with Crippen LogP contribution in [-0.4, -0.2) is 18.3 Å². The van der Waals surface area contributed by atoms with E-state index in [1.165, 1.54) is 83.7 Å². The number of nitrogens with zero attached hydrogens (tertiary/aromatic N) is 1. The van der Waals surface area contributed by atoms with Crippen LogP contribution in [0.25, 0.3) is 22.3 Å². The van der Waals surface area contributed by atoms with Crippen LogP contribution >= 0.6 is 0 Å². The van der Waals surface area contributed by atoms with Gasteiger partial charge in [-0.2, -0.15) is 0 Å². The van der Waals surface area contributed by atoms with Crippen molar-refractivity contribution in [3.63, 3.8) is 0 Å². The second kappa shape index (κ2) is 13.0. The predicted molar refractivity (Wildman–Crippen MR) is 246 cm³/mol. The summed E-state index contributed by atoms with van der Waals surface area (Å²) >= 11 is 0. The zero-order valence-electron chi connectivity index (χ0n) is 34.6. The highest BCUT2D eigenvalue weighted by atomic mass is 16.6. The number of hydrogen-bond acceptors (Lipinski definition) is 3. The van der Waals surface area contributed by atoms with Crippen LogP contribution in [0, 0.1) is 0 Å². The Hall–Kier alpha value is -6.42. The summed E-state index contributed by atoms with van der Waals surface area (Å²) in [6.45, 7) is 4.74. The molecule has 0 radical (unpaired) electrons. The van der Waals surface area contributed by atoms with E-state index in [-0.39, 0.29) is 35.1 Å². The molecule has 61 heavy (non-hydrogen) atoms. The lowest BCUT2D eigenvalue weighted by Crippen LogP contribution is -2.44. The first-order chi connectivity index (χ1) is 30.0. The number of fused-ring (bicyclic) bond motifs is 13. The van der Waals surface area contributed by atoms with Crippen LogP contribution < -0.4 is 4.90 Å². The lowest BCUT2D eigenvalue weighted by Gasteiger charge is -2.42. The molecule has 1 heterocycles. The maximum atomic E-state index is 7.26. The third-order valence-electron chi connectivity index (χ3n) is 15.0. The fraction of sp³-hybridized carbons (Fsp3) is 0.207. The summed E-state index contributed by atoms with van der Waals surface area (Å²) in [6.07, 6.45) is 24.2. The van der Waals surface area contributed by atoms with Gasteiger partial charge in [0.25, 0.3) is 0 Å². The summed E-state index contributed by atoms with van der Waals surface area (Å²) in [7, 11) is 0. The lowest BCUT2D eigenvalue weighted by atomic mass is 9.67. The molecule has 5 aromatic carbocycles. The number of ether oxygens (including phenoxy) is 2. The largest absolute Gasteiger partial charge is 0.485 e. The lowest BCUT2D eigenvalue weighted by molar-refractivity contribution is -0.107. The summed E-state index contributed by atoms with van der Waals surface area (Å²) in [5, 5.41) is 0. The van der Waals surface area contributed by atoms with Gasteiger partial charge in [-0.1, -0.05) is 147 Å². The summed E-state index contributed by atoms with van der Waals surface area (Å²) in [6, 6.07) is 45.1. The van der Waals surface area contributed by atoms with Crippen LogP contribution in [-0.2, 0) is 20.3 Å². The third kappa shape index (κ3) is 4.96. The van der Waals surface area contributed by atoms with E-state index < -0.39 is 0 Å². The number of rotatable bonds is 4. The topological polar surface area (TPSA) is 21.7 Å². The molecule has 4 atom stereocenters. The smallest absolute Gasteiger partial charge is 0.147 e. The summed E-state index contributed by atoms with van der Waals surface area (Å²) in [5.74, 6) is 1.24. The maximum absolute atomic E-state index is 7.26. The van der Waals surface area contributed by atoms with Gasteiger partial charge >= 0.3 is 0 Å². The molecule has 4 unspecified atom stereocenters. The average Bonchev–Trinajstić information content (AvgIpc) is 3.86. The van der Waals surface area contributed by atoms with Crippen LogP contribution in [0.2, 0.25) is 0 Å². The second-order valence-corrected chi connectivity index (χ2v) is 18.4. The summed E-state index contributed by atoms with van der Waals surface area (Å²) in [5.41, 5.74) is 21.1. The second-order valence-electron chi connectivity index (χ2n) is 18.4. The highest BCUT2D eigenvalue weighted by Gasteiger charge is 2.55. The molecule has 1 aliphatic heterocycles. The monoisotopic (exact) mass is 789 g/mol. The molecule has 3 heteroatoms. The van der Waals surface area contributed by atoms with Gasteiger partial charge in [0, 0.05) is 34.8 Å². The Morgan fingerprint density at radius 1 is 0.639 bits per heavy atom. The van der Waals surface area contributed by atoms with E-state index in [1.54, 1.807) is 0 Å². The molecule has 3 nitrogen and oxygen atoms in total. The van der Waals surface area contributed by atoms with E-state index >= 15 is 0 Å². The van der Waals surface area contributed by atoms with Gasteiger partial charge in [-0.05, 0) is 134 Å². The molecule has 7 aliphatic carbocycles. The predicted octanol–water partition coefficient (Wildman–Crippen LogP) is 13.2. The van der Waals surface area contributed by atoms with Crippen molar-refractivity contribution in [2.45, 2.75) is 74.6 Å². The number of allylic oxidation sites excluding steroid dienone is 11. The van der Waals surface area contributed by atoms with Crippen LogP contribution in [0.1, 0.15) is 73.3 Å². The number of hydrogen-bond donors (Lipinski definition) is 0. The molecular formula is C58H47NO2. The summed E-state index contributed by atoms with van der Waals surface area (Å²) < 4.78 is 14.4. The van der Waals surface area contributed by atoms with E-state index in [2.05, 4.69) is 195 Å². The molecular weight excluding hydrogens is 743 g/mol.